The summed E-state index contributed by atoms with van der Waals surface area (Å²) in [5.41, 5.74) is 3.51. The standard InChI is InChI=1S/C19H26N6O/c1-24(2)18-20-12-15-6-8-19(17(15)23-18)7-3-9-25(13-19)16(26)5-4-14-10-21-22-11-14/h10-12H,3-9,13H2,1-2H3,(H,21,22). The lowest BCUT2D eigenvalue weighted by Gasteiger charge is -2.40. The van der Waals surface area contributed by atoms with Crippen molar-refractivity contribution in [1.29, 1.82) is 0 Å². The number of carbonyl (C=O) groups is 1. The zero-order chi connectivity index (χ0) is 18.1. The summed E-state index contributed by atoms with van der Waals surface area (Å²) >= 11 is 0. The maximum atomic E-state index is 12.8. The van der Waals surface area contributed by atoms with Crippen molar-refractivity contribution in [1.82, 2.24) is 25.1 Å². The molecule has 2 aromatic heterocycles. The van der Waals surface area contributed by atoms with Crippen molar-refractivity contribution < 1.29 is 4.79 Å². The van der Waals surface area contributed by atoms with Gasteiger partial charge in [0, 0.05) is 51.4 Å². The van der Waals surface area contributed by atoms with E-state index in [1.165, 1.54) is 11.3 Å². The molecular weight excluding hydrogens is 328 g/mol. The van der Waals surface area contributed by atoms with E-state index in [0.29, 0.717) is 6.42 Å². The SMILES string of the molecule is CN(C)c1ncc2c(n1)C1(CCCN(C(=O)CCc3cn[nH]c3)C1)CC2. The highest BCUT2D eigenvalue weighted by Crippen LogP contribution is 2.44. The van der Waals surface area contributed by atoms with E-state index in [-0.39, 0.29) is 11.3 Å². The van der Waals surface area contributed by atoms with E-state index in [0.717, 1.165) is 56.7 Å². The summed E-state index contributed by atoms with van der Waals surface area (Å²) in [4.78, 5) is 26.1. The summed E-state index contributed by atoms with van der Waals surface area (Å²) in [6.45, 7) is 1.64. The van der Waals surface area contributed by atoms with E-state index in [4.69, 9.17) is 4.98 Å². The van der Waals surface area contributed by atoms with Gasteiger partial charge in [0.15, 0.2) is 0 Å². The Hall–Kier alpha value is -2.44. The smallest absolute Gasteiger partial charge is 0.225 e. The molecule has 2 aromatic rings. The van der Waals surface area contributed by atoms with Gasteiger partial charge in [0.2, 0.25) is 11.9 Å². The fourth-order valence-electron chi connectivity index (χ4n) is 4.31. The van der Waals surface area contributed by atoms with Crippen LogP contribution in [0.4, 0.5) is 5.95 Å². The van der Waals surface area contributed by atoms with Crippen molar-refractivity contribution in [3.05, 3.63) is 35.4 Å². The third kappa shape index (κ3) is 3.06. The molecule has 3 heterocycles. The number of amides is 1. The van der Waals surface area contributed by atoms with Crippen LogP contribution in [0.2, 0.25) is 0 Å². The van der Waals surface area contributed by atoms with Crippen LogP contribution in [0.1, 0.15) is 42.5 Å². The number of anilines is 1. The number of carbonyl (C=O) groups excluding carboxylic acids is 1. The van der Waals surface area contributed by atoms with Crippen LogP contribution >= 0.6 is 0 Å². The van der Waals surface area contributed by atoms with E-state index < -0.39 is 0 Å². The van der Waals surface area contributed by atoms with Crippen molar-refractivity contribution in [2.45, 2.75) is 43.9 Å². The molecule has 1 aliphatic heterocycles. The lowest BCUT2D eigenvalue weighted by atomic mass is 9.77. The van der Waals surface area contributed by atoms with Crippen LogP contribution in [0, 0.1) is 0 Å². The van der Waals surface area contributed by atoms with Gasteiger partial charge in [-0.25, -0.2) is 9.97 Å². The minimum absolute atomic E-state index is 0.00653. The number of hydrogen-bond acceptors (Lipinski definition) is 5. The van der Waals surface area contributed by atoms with Crippen LogP contribution < -0.4 is 4.90 Å². The summed E-state index contributed by atoms with van der Waals surface area (Å²) in [5, 5.41) is 6.75. The van der Waals surface area contributed by atoms with Crippen LogP contribution in [0.3, 0.4) is 0 Å². The average Bonchev–Trinajstić information content (AvgIpc) is 3.28. The first-order valence-corrected chi connectivity index (χ1v) is 9.37. The molecule has 1 amide bonds. The Morgan fingerprint density at radius 3 is 3.00 bits per heavy atom. The highest BCUT2D eigenvalue weighted by Gasteiger charge is 2.44. The Morgan fingerprint density at radius 2 is 2.23 bits per heavy atom. The second-order valence-electron chi connectivity index (χ2n) is 7.74. The topological polar surface area (TPSA) is 78.0 Å². The molecule has 1 N–H and O–H groups in total. The Balaban J connectivity index is 1.50. The number of aryl methyl sites for hydroxylation is 2. The van der Waals surface area contributed by atoms with Gasteiger partial charge in [-0.2, -0.15) is 5.10 Å². The van der Waals surface area contributed by atoms with Crippen molar-refractivity contribution in [3.8, 4) is 0 Å². The molecule has 1 unspecified atom stereocenters. The first-order valence-electron chi connectivity index (χ1n) is 9.37. The van der Waals surface area contributed by atoms with Crippen molar-refractivity contribution in [3.63, 3.8) is 0 Å². The van der Waals surface area contributed by atoms with Gasteiger partial charge >= 0.3 is 0 Å². The monoisotopic (exact) mass is 354 g/mol. The van der Waals surface area contributed by atoms with Crippen LogP contribution in [0.5, 0.6) is 0 Å². The molecule has 0 aromatic carbocycles. The van der Waals surface area contributed by atoms with E-state index in [2.05, 4.69) is 20.1 Å². The maximum Gasteiger partial charge on any atom is 0.225 e. The molecule has 138 valence electrons. The number of aromatic amines is 1. The molecule has 0 saturated carbocycles. The largest absolute Gasteiger partial charge is 0.347 e. The van der Waals surface area contributed by atoms with E-state index in [1.54, 1.807) is 6.20 Å². The number of likely N-dealkylation sites (tertiary alicyclic amines) is 1. The number of nitrogens with one attached hydrogen (secondary N) is 1. The predicted octanol–water partition coefficient (Wildman–Crippen LogP) is 1.70. The highest BCUT2D eigenvalue weighted by molar-refractivity contribution is 5.76. The fraction of sp³-hybridized carbons (Fsp3) is 0.579. The number of hydrogen-bond donors (Lipinski definition) is 1. The van der Waals surface area contributed by atoms with E-state index in [1.807, 2.05) is 31.4 Å². The van der Waals surface area contributed by atoms with E-state index in [9.17, 15) is 4.79 Å². The second-order valence-corrected chi connectivity index (χ2v) is 7.74. The van der Waals surface area contributed by atoms with Gasteiger partial charge in [-0.1, -0.05) is 0 Å². The molecule has 1 saturated heterocycles. The fourth-order valence-corrected chi connectivity index (χ4v) is 4.31. The molecule has 7 heteroatoms. The Bertz CT molecular complexity index is 783. The van der Waals surface area contributed by atoms with Crippen LogP contribution in [0.25, 0.3) is 0 Å². The lowest BCUT2D eigenvalue weighted by molar-refractivity contribution is -0.133. The number of H-pyrrole nitrogens is 1. The molecule has 1 aliphatic carbocycles. The molecule has 1 spiro atoms. The summed E-state index contributed by atoms with van der Waals surface area (Å²) in [6, 6.07) is 0. The van der Waals surface area contributed by atoms with Crippen molar-refractivity contribution in [2.24, 2.45) is 0 Å². The Morgan fingerprint density at radius 1 is 1.35 bits per heavy atom. The van der Waals surface area contributed by atoms with Gasteiger partial charge in [0.1, 0.15) is 0 Å². The van der Waals surface area contributed by atoms with Crippen molar-refractivity contribution >= 4 is 11.9 Å². The summed E-state index contributed by atoms with van der Waals surface area (Å²) in [5.74, 6) is 0.994. The first kappa shape index (κ1) is 17.0. The van der Waals surface area contributed by atoms with Gasteiger partial charge in [-0.3, -0.25) is 9.89 Å². The van der Waals surface area contributed by atoms with Crippen molar-refractivity contribution in [2.75, 3.05) is 32.1 Å². The zero-order valence-corrected chi connectivity index (χ0v) is 15.5. The first-order chi connectivity index (χ1) is 12.6. The number of nitrogens with zero attached hydrogens (tertiary/aromatic N) is 5. The maximum absolute atomic E-state index is 12.8. The van der Waals surface area contributed by atoms with Gasteiger partial charge in [0.05, 0.1) is 11.9 Å². The normalized spacial score (nSPS) is 21.8. The quantitative estimate of drug-likeness (QED) is 0.904. The number of piperidine rings is 1. The minimum Gasteiger partial charge on any atom is -0.347 e. The Labute approximate surface area is 153 Å². The average molecular weight is 354 g/mol. The number of fused-ring (bicyclic) bond motifs is 2. The van der Waals surface area contributed by atoms with Crippen LogP contribution in [-0.2, 0) is 23.1 Å². The van der Waals surface area contributed by atoms with Gasteiger partial charge < -0.3 is 9.80 Å². The third-order valence-electron chi connectivity index (χ3n) is 5.74. The van der Waals surface area contributed by atoms with Gasteiger partial charge in [-0.05, 0) is 43.2 Å². The van der Waals surface area contributed by atoms with Crippen LogP contribution in [0.15, 0.2) is 18.6 Å². The molecule has 7 nitrogen and oxygen atoms in total. The molecule has 26 heavy (non-hydrogen) atoms. The summed E-state index contributed by atoms with van der Waals surface area (Å²) in [6.07, 6.45) is 11.1. The highest BCUT2D eigenvalue weighted by atomic mass is 16.2. The molecular formula is C19H26N6O. The second kappa shape index (κ2) is 6.70. The molecule has 4 rings (SSSR count). The van der Waals surface area contributed by atoms with Gasteiger partial charge in [-0.15, -0.1) is 0 Å². The summed E-state index contributed by atoms with van der Waals surface area (Å²) in [7, 11) is 3.94. The third-order valence-corrected chi connectivity index (χ3v) is 5.74. The molecule has 1 atom stereocenters. The Kier molecular flexibility index (Phi) is 4.38. The number of aromatic nitrogens is 4. The van der Waals surface area contributed by atoms with Gasteiger partial charge in [0.25, 0.3) is 0 Å². The lowest BCUT2D eigenvalue weighted by Crippen LogP contribution is -2.48. The number of rotatable bonds is 4. The predicted molar refractivity (Wildman–Crippen MR) is 99.1 cm³/mol. The molecule has 1 fully saturated rings. The van der Waals surface area contributed by atoms with Crippen LogP contribution in [-0.4, -0.2) is 58.2 Å². The molecule has 2 aliphatic rings. The molecule has 0 bridgehead atoms. The zero-order valence-electron chi connectivity index (χ0n) is 15.5. The molecule has 0 radical (unpaired) electrons. The summed E-state index contributed by atoms with van der Waals surface area (Å²) < 4.78 is 0. The van der Waals surface area contributed by atoms with E-state index >= 15 is 0 Å². The minimum atomic E-state index is 0.00653.